The van der Waals surface area contributed by atoms with Crippen molar-refractivity contribution in [3.05, 3.63) is 40.7 Å². The molecular formula is C14H20N4O2S. The fourth-order valence-electron chi connectivity index (χ4n) is 2.09. The van der Waals surface area contributed by atoms with Gasteiger partial charge in [-0.2, -0.15) is 5.10 Å². The van der Waals surface area contributed by atoms with Crippen LogP contribution in [0.3, 0.4) is 0 Å². The van der Waals surface area contributed by atoms with Crippen LogP contribution in [0.25, 0.3) is 0 Å². The Morgan fingerprint density at radius 3 is 2.52 bits per heavy atom. The number of anilines is 1. The third kappa shape index (κ3) is 3.25. The second-order valence-corrected chi connectivity index (χ2v) is 6.84. The van der Waals surface area contributed by atoms with Crippen LogP contribution in [-0.4, -0.2) is 25.7 Å². The normalized spacial score (nSPS) is 11.6. The van der Waals surface area contributed by atoms with Crippen LogP contribution in [0.2, 0.25) is 0 Å². The molecule has 0 aliphatic carbocycles. The van der Waals surface area contributed by atoms with Crippen molar-refractivity contribution in [1.29, 1.82) is 0 Å². The Kier molecular flexibility index (Phi) is 4.34. The van der Waals surface area contributed by atoms with Crippen molar-refractivity contribution in [2.45, 2.75) is 32.2 Å². The standard InChI is InChI=1S/C14H20N4O2S/c1-9-5-6-12(21(19,20)15-4)7-14(9)16-8-13-10(2)17-18-11(13)3/h5-7,15-16H,8H2,1-4H3,(H,17,18). The minimum Gasteiger partial charge on any atom is -0.381 e. The van der Waals surface area contributed by atoms with E-state index in [0.29, 0.717) is 6.54 Å². The quantitative estimate of drug-likeness (QED) is 0.787. The minimum atomic E-state index is -3.43. The van der Waals surface area contributed by atoms with Gasteiger partial charge in [0.1, 0.15) is 0 Å². The first-order chi connectivity index (χ1) is 9.85. The minimum absolute atomic E-state index is 0.249. The molecule has 114 valence electrons. The topological polar surface area (TPSA) is 86.9 Å². The zero-order chi connectivity index (χ0) is 15.6. The van der Waals surface area contributed by atoms with E-state index < -0.39 is 10.0 Å². The lowest BCUT2D eigenvalue weighted by atomic mass is 10.1. The molecule has 0 amide bonds. The predicted molar refractivity (Wildman–Crippen MR) is 82.8 cm³/mol. The lowest BCUT2D eigenvalue weighted by Crippen LogP contribution is -2.18. The number of benzene rings is 1. The molecule has 0 aliphatic heterocycles. The number of sulfonamides is 1. The molecule has 6 nitrogen and oxygen atoms in total. The molecule has 2 rings (SSSR count). The average molecular weight is 308 g/mol. The van der Waals surface area contributed by atoms with E-state index >= 15 is 0 Å². The van der Waals surface area contributed by atoms with E-state index in [1.165, 1.54) is 7.05 Å². The molecule has 7 heteroatoms. The van der Waals surface area contributed by atoms with Crippen LogP contribution in [0.4, 0.5) is 5.69 Å². The fraction of sp³-hybridized carbons (Fsp3) is 0.357. The van der Waals surface area contributed by atoms with Gasteiger partial charge >= 0.3 is 0 Å². The van der Waals surface area contributed by atoms with Gasteiger partial charge in [-0.3, -0.25) is 5.10 Å². The molecule has 0 unspecified atom stereocenters. The molecule has 0 bridgehead atoms. The number of aromatic amines is 1. The van der Waals surface area contributed by atoms with Crippen molar-refractivity contribution < 1.29 is 8.42 Å². The Labute approximate surface area is 125 Å². The maximum Gasteiger partial charge on any atom is 0.240 e. The zero-order valence-corrected chi connectivity index (χ0v) is 13.4. The van der Waals surface area contributed by atoms with Crippen LogP contribution in [-0.2, 0) is 16.6 Å². The maximum absolute atomic E-state index is 11.9. The van der Waals surface area contributed by atoms with Gasteiger partial charge in [-0.1, -0.05) is 6.07 Å². The van der Waals surface area contributed by atoms with Gasteiger partial charge in [-0.25, -0.2) is 13.1 Å². The van der Waals surface area contributed by atoms with E-state index in [2.05, 4.69) is 20.2 Å². The van der Waals surface area contributed by atoms with Crippen molar-refractivity contribution in [1.82, 2.24) is 14.9 Å². The van der Waals surface area contributed by atoms with Gasteiger partial charge < -0.3 is 5.32 Å². The summed E-state index contributed by atoms with van der Waals surface area (Å²) in [5, 5.41) is 10.4. The Balaban J connectivity index is 2.26. The van der Waals surface area contributed by atoms with Gasteiger partial charge in [-0.15, -0.1) is 0 Å². The Morgan fingerprint density at radius 1 is 1.24 bits per heavy atom. The largest absolute Gasteiger partial charge is 0.381 e. The van der Waals surface area contributed by atoms with Gasteiger partial charge in [0, 0.05) is 23.5 Å². The van der Waals surface area contributed by atoms with Gasteiger partial charge in [-0.05, 0) is 45.5 Å². The molecule has 3 N–H and O–H groups in total. The van der Waals surface area contributed by atoms with Crippen LogP contribution in [0.15, 0.2) is 23.1 Å². The number of hydrogen-bond acceptors (Lipinski definition) is 4. The summed E-state index contributed by atoms with van der Waals surface area (Å²) in [4.78, 5) is 0.249. The molecule has 0 atom stereocenters. The monoisotopic (exact) mass is 308 g/mol. The Bertz CT molecular complexity index is 731. The van der Waals surface area contributed by atoms with Crippen LogP contribution in [0.5, 0.6) is 0 Å². The molecule has 0 saturated heterocycles. The molecule has 1 aromatic carbocycles. The number of H-pyrrole nitrogens is 1. The SMILES string of the molecule is CNS(=O)(=O)c1ccc(C)c(NCc2c(C)n[nH]c2C)c1. The fourth-order valence-corrected chi connectivity index (χ4v) is 2.85. The summed E-state index contributed by atoms with van der Waals surface area (Å²) < 4.78 is 26.0. The number of hydrogen-bond donors (Lipinski definition) is 3. The number of aryl methyl sites for hydroxylation is 3. The molecule has 1 heterocycles. The third-order valence-electron chi connectivity index (χ3n) is 3.52. The molecule has 2 aromatic rings. The third-order valence-corrected chi connectivity index (χ3v) is 4.94. The Hall–Kier alpha value is -1.86. The number of nitrogens with one attached hydrogen (secondary N) is 3. The number of aromatic nitrogens is 2. The highest BCUT2D eigenvalue weighted by Crippen LogP contribution is 2.21. The molecule has 0 saturated carbocycles. The molecule has 21 heavy (non-hydrogen) atoms. The van der Waals surface area contributed by atoms with E-state index in [0.717, 1.165) is 28.2 Å². The van der Waals surface area contributed by atoms with Crippen molar-refractivity contribution in [2.24, 2.45) is 0 Å². The van der Waals surface area contributed by atoms with Crippen LogP contribution < -0.4 is 10.0 Å². The summed E-state index contributed by atoms with van der Waals surface area (Å²) in [5.74, 6) is 0. The predicted octanol–water partition coefficient (Wildman–Crippen LogP) is 1.86. The summed E-state index contributed by atoms with van der Waals surface area (Å²) in [7, 11) is -2.03. The molecule has 0 fully saturated rings. The molecule has 1 aromatic heterocycles. The summed E-state index contributed by atoms with van der Waals surface area (Å²) in [6.45, 7) is 6.44. The van der Waals surface area contributed by atoms with Gasteiger partial charge in [0.25, 0.3) is 0 Å². The van der Waals surface area contributed by atoms with Crippen molar-refractivity contribution >= 4 is 15.7 Å². The van der Waals surface area contributed by atoms with Gasteiger partial charge in [0.05, 0.1) is 10.6 Å². The van der Waals surface area contributed by atoms with Gasteiger partial charge in [0.2, 0.25) is 10.0 Å². The number of nitrogens with zero attached hydrogens (tertiary/aromatic N) is 1. The van der Waals surface area contributed by atoms with E-state index in [1.54, 1.807) is 18.2 Å². The first-order valence-corrected chi connectivity index (χ1v) is 8.12. The molecule has 0 radical (unpaired) electrons. The second kappa shape index (κ2) is 5.87. The maximum atomic E-state index is 11.9. The second-order valence-electron chi connectivity index (χ2n) is 4.95. The number of rotatable bonds is 5. The van der Waals surface area contributed by atoms with Crippen molar-refractivity contribution in [3.8, 4) is 0 Å². The van der Waals surface area contributed by atoms with Crippen LogP contribution >= 0.6 is 0 Å². The van der Waals surface area contributed by atoms with E-state index in [1.807, 2.05) is 20.8 Å². The van der Waals surface area contributed by atoms with Crippen molar-refractivity contribution in [2.75, 3.05) is 12.4 Å². The van der Waals surface area contributed by atoms with Crippen molar-refractivity contribution in [3.63, 3.8) is 0 Å². The highest BCUT2D eigenvalue weighted by Gasteiger charge is 2.13. The molecular weight excluding hydrogens is 288 g/mol. The van der Waals surface area contributed by atoms with E-state index in [4.69, 9.17) is 0 Å². The summed E-state index contributed by atoms with van der Waals surface area (Å²) in [5.41, 5.74) is 4.83. The van der Waals surface area contributed by atoms with E-state index in [9.17, 15) is 8.42 Å². The van der Waals surface area contributed by atoms with E-state index in [-0.39, 0.29) is 4.90 Å². The molecule has 0 aliphatic rings. The molecule has 0 spiro atoms. The lowest BCUT2D eigenvalue weighted by molar-refractivity contribution is 0.588. The first kappa shape index (κ1) is 15.5. The van der Waals surface area contributed by atoms with Gasteiger partial charge in [0.15, 0.2) is 0 Å². The average Bonchev–Trinajstić information content (AvgIpc) is 2.77. The first-order valence-electron chi connectivity index (χ1n) is 6.63. The van der Waals surface area contributed by atoms with Crippen LogP contribution in [0, 0.1) is 20.8 Å². The zero-order valence-electron chi connectivity index (χ0n) is 12.6. The summed E-state index contributed by atoms with van der Waals surface area (Å²) >= 11 is 0. The summed E-state index contributed by atoms with van der Waals surface area (Å²) in [6.07, 6.45) is 0. The highest BCUT2D eigenvalue weighted by molar-refractivity contribution is 7.89. The Morgan fingerprint density at radius 2 is 1.95 bits per heavy atom. The smallest absolute Gasteiger partial charge is 0.240 e. The van der Waals surface area contributed by atoms with Crippen LogP contribution in [0.1, 0.15) is 22.5 Å². The lowest BCUT2D eigenvalue weighted by Gasteiger charge is -2.12. The summed E-state index contributed by atoms with van der Waals surface area (Å²) in [6, 6.07) is 5.04. The highest BCUT2D eigenvalue weighted by atomic mass is 32.2.